The van der Waals surface area contributed by atoms with Crippen molar-refractivity contribution >= 4 is 35.5 Å². The number of halogens is 5. The van der Waals surface area contributed by atoms with Gasteiger partial charge in [0, 0.05) is 80.7 Å². The molecule has 1 aliphatic rings. The van der Waals surface area contributed by atoms with Gasteiger partial charge in [0.15, 0.2) is 0 Å². The van der Waals surface area contributed by atoms with Gasteiger partial charge in [-0.3, -0.25) is 28.9 Å². The maximum absolute atomic E-state index is 15.0. The molecule has 19 heteroatoms. The van der Waals surface area contributed by atoms with E-state index in [-0.39, 0.29) is 44.6 Å². The van der Waals surface area contributed by atoms with Crippen LogP contribution in [0, 0.1) is 17.0 Å². The zero-order valence-corrected chi connectivity index (χ0v) is 31.9. The summed E-state index contributed by atoms with van der Waals surface area (Å²) in [6, 6.07) is 12.8. The van der Waals surface area contributed by atoms with Crippen molar-refractivity contribution in [3.8, 4) is 11.1 Å². The number of aliphatic hydroxyl groups is 1. The normalized spacial score (nSPS) is 13.7. The molecule has 58 heavy (non-hydrogen) atoms. The molecule has 2 unspecified atom stereocenters. The van der Waals surface area contributed by atoms with Crippen molar-refractivity contribution in [1.82, 2.24) is 25.0 Å². The molecule has 2 aromatic carbocycles. The number of nitrogens with one attached hydrogen (secondary N) is 2. The molecule has 1 aliphatic heterocycles. The monoisotopic (exact) mass is 820 g/mol. The molecule has 0 bridgehead atoms. The number of benzene rings is 2. The molecule has 0 saturated heterocycles. The summed E-state index contributed by atoms with van der Waals surface area (Å²) in [5, 5.41) is 22.6. The molecule has 0 fully saturated rings. The lowest BCUT2D eigenvalue weighted by Gasteiger charge is -2.42. The number of nitrogens with two attached hydrogens (primary N) is 1. The number of carbonyl (C=O) groups is 6. The minimum Gasteiger partial charge on any atom is -0.475 e. The lowest BCUT2D eigenvalue weighted by molar-refractivity contribution is -0.192. The number of carboxylic acid groups (broad SMARTS) is 1. The number of aromatic nitrogens is 1. The van der Waals surface area contributed by atoms with Crippen molar-refractivity contribution < 1.29 is 60.9 Å². The fourth-order valence-electron chi connectivity index (χ4n) is 6.04. The van der Waals surface area contributed by atoms with Gasteiger partial charge in [-0.2, -0.15) is 13.2 Å². The molecule has 14 nitrogen and oxygen atoms in total. The maximum Gasteiger partial charge on any atom is 0.490 e. The smallest absolute Gasteiger partial charge is 0.475 e. The highest BCUT2D eigenvalue weighted by molar-refractivity contribution is 6.12. The van der Waals surface area contributed by atoms with Gasteiger partial charge in [-0.15, -0.1) is 0 Å². The Morgan fingerprint density at radius 2 is 1.52 bits per heavy atom. The van der Waals surface area contributed by atoms with E-state index < -0.39 is 77.4 Å². The summed E-state index contributed by atoms with van der Waals surface area (Å²) >= 11 is 0. The third-order valence-electron chi connectivity index (χ3n) is 8.68. The van der Waals surface area contributed by atoms with E-state index in [0.717, 1.165) is 40.8 Å². The van der Waals surface area contributed by atoms with Crippen LogP contribution in [0.1, 0.15) is 50.9 Å². The average Bonchev–Trinajstić information content (AvgIpc) is 3.71. The second-order valence-electron chi connectivity index (χ2n) is 14.2. The molecule has 3 aromatic rings. The second-order valence-corrected chi connectivity index (χ2v) is 14.2. The van der Waals surface area contributed by atoms with Gasteiger partial charge in [0.1, 0.15) is 18.2 Å². The first-order valence-corrected chi connectivity index (χ1v) is 17.9. The van der Waals surface area contributed by atoms with E-state index in [1.807, 2.05) is 55.7 Å². The Labute approximate surface area is 330 Å². The highest BCUT2D eigenvalue weighted by Gasteiger charge is 2.39. The van der Waals surface area contributed by atoms with Crippen molar-refractivity contribution in [2.24, 2.45) is 11.1 Å². The average molecular weight is 821 g/mol. The van der Waals surface area contributed by atoms with Gasteiger partial charge < -0.3 is 36.0 Å². The number of rotatable bonds is 16. The predicted octanol–water partition coefficient (Wildman–Crippen LogP) is 3.29. The minimum absolute atomic E-state index is 0.00504. The van der Waals surface area contributed by atoms with Gasteiger partial charge in [0.25, 0.3) is 11.8 Å². The van der Waals surface area contributed by atoms with Gasteiger partial charge in [-0.05, 0) is 35.2 Å². The molecule has 2 heterocycles. The van der Waals surface area contributed by atoms with Crippen LogP contribution in [0.15, 0.2) is 72.9 Å². The molecule has 6 N–H and O–H groups in total. The lowest BCUT2D eigenvalue weighted by atomic mass is 9.82. The Morgan fingerprint density at radius 3 is 2.07 bits per heavy atom. The highest BCUT2D eigenvalue weighted by atomic mass is 19.4. The Balaban J connectivity index is 0.00000117. The summed E-state index contributed by atoms with van der Waals surface area (Å²) in [6.07, 6.45) is -1.47. The van der Waals surface area contributed by atoms with Crippen LogP contribution in [0.2, 0.25) is 0 Å². The van der Waals surface area contributed by atoms with Crippen molar-refractivity contribution in [3.05, 3.63) is 95.8 Å². The number of imide groups is 1. The van der Waals surface area contributed by atoms with Crippen LogP contribution in [-0.2, 0) is 35.3 Å². The maximum atomic E-state index is 15.0. The molecule has 5 amide bonds. The number of hydrogen-bond acceptors (Lipinski definition) is 8. The zero-order chi connectivity index (χ0) is 43.4. The summed E-state index contributed by atoms with van der Waals surface area (Å²) in [4.78, 5) is 73.5. The van der Waals surface area contributed by atoms with Crippen LogP contribution in [0.4, 0.5) is 22.0 Å². The number of amides is 5. The van der Waals surface area contributed by atoms with Gasteiger partial charge in [0.2, 0.25) is 17.7 Å². The molecular weight excluding hydrogens is 775 g/mol. The number of aliphatic hydroxyl groups excluding tert-OH is 1. The first-order valence-electron chi connectivity index (χ1n) is 17.9. The summed E-state index contributed by atoms with van der Waals surface area (Å²) in [5.74, 6) is -6.52. The first kappa shape index (κ1) is 46.4. The zero-order valence-electron chi connectivity index (χ0n) is 31.9. The Morgan fingerprint density at radius 1 is 0.914 bits per heavy atom. The molecule has 2 atom stereocenters. The molecular formula is C39H45F5N6O8. The Hall–Kier alpha value is -5.95. The number of carbonyl (C=O) groups excluding carboxylic acids is 5. The van der Waals surface area contributed by atoms with Crippen LogP contribution >= 0.6 is 0 Å². The van der Waals surface area contributed by atoms with Crippen molar-refractivity contribution in [1.29, 1.82) is 0 Å². The van der Waals surface area contributed by atoms with Crippen LogP contribution in [0.3, 0.4) is 0 Å². The van der Waals surface area contributed by atoms with E-state index in [4.69, 9.17) is 15.6 Å². The molecule has 0 radical (unpaired) electrons. The summed E-state index contributed by atoms with van der Waals surface area (Å²) in [7, 11) is 0. The van der Waals surface area contributed by atoms with Gasteiger partial charge in [-0.1, -0.05) is 51.1 Å². The quantitative estimate of drug-likeness (QED) is 0.106. The van der Waals surface area contributed by atoms with Crippen molar-refractivity contribution in [2.75, 3.05) is 32.8 Å². The van der Waals surface area contributed by atoms with Gasteiger partial charge in [-0.25, -0.2) is 13.6 Å². The van der Waals surface area contributed by atoms with Gasteiger partial charge in [0.05, 0.1) is 12.1 Å². The summed E-state index contributed by atoms with van der Waals surface area (Å²) in [6.45, 7) is 5.03. The first-order chi connectivity index (χ1) is 27.2. The minimum atomic E-state index is -5.08. The Bertz CT molecular complexity index is 1960. The molecule has 0 aliphatic carbocycles. The number of aliphatic carboxylic acids is 1. The second kappa shape index (κ2) is 20.5. The van der Waals surface area contributed by atoms with E-state index in [1.54, 1.807) is 12.3 Å². The third kappa shape index (κ3) is 13.3. The third-order valence-corrected chi connectivity index (χ3v) is 8.68. The SMILES string of the molecule is CC(C)(C)C(c1cc(-c2cc(F)ccc2F)cn1Cc1ccccc1)N(CC(CN)NC(=O)CCC(=O)NCCN1C(=O)C=CC1=O)C(=O)CO.O=C(O)C(F)(F)F. The van der Waals surface area contributed by atoms with E-state index in [9.17, 15) is 46.6 Å². The molecule has 1 aromatic heterocycles. The van der Waals surface area contributed by atoms with Crippen LogP contribution in [-0.4, -0.2) is 105 Å². The lowest BCUT2D eigenvalue weighted by Crippen LogP contribution is -2.53. The molecule has 314 valence electrons. The number of alkyl halides is 3. The number of carboxylic acids is 1. The summed E-state index contributed by atoms with van der Waals surface area (Å²) in [5.41, 5.74) is 7.31. The molecule has 0 spiro atoms. The number of hydrogen-bond donors (Lipinski definition) is 5. The standard InChI is InChI=1S/C37H44F2N6O6.C2HF3O2/c1-37(2,3)36(30-17-25(28-18-26(38)9-10-29(28)39)21-43(30)20-24-7-5-4-6-8-24)45(35(51)23-46)22-27(19-40)42-32(48)12-11-31(47)41-15-16-44-33(49)13-14-34(44)50;3-2(4,5)1(6)7/h4-10,13-14,17-18,21,27,36,46H,11-12,15-16,19-20,22-23,40H2,1-3H3,(H,41,47)(H,42,48);(H,6,7). The fourth-order valence-corrected chi connectivity index (χ4v) is 6.04. The van der Waals surface area contributed by atoms with Crippen LogP contribution in [0.5, 0.6) is 0 Å². The number of nitrogens with zero attached hydrogens (tertiary/aromatic N) is 3. The van der Waals surface area contributed by atoms with Gasteiger partial charge >= 0.3 is 12.1 Å². The van der Waals surface area contributed by atoms with E-state index >= 15 is 4.39 Å². The van der Waals surface area contributed by atoms with E-state index in [0.29, 0.717) is 17.8 Å². The fraction of sp³-hybridized carbons (Fsp3) is 0.385. The van der Waals surface area contributed by atoms with E-state index in [2.05, 4.69) is 10.6 Å². The summed E-state index contributed by atoms with van der Waals surface area (Å²) < 4.78 is 62.9. The highest BCUT2D eigenvalue weighted by Crippen LogP contribution is 2.41. The largest absolute Gasteiger partial charge is 0.490 e. The van der Waals surface area contributed by atoms with Crippen molar-refractivity contribution in [2.45, 2.75) is 58.4 Å². The van der Waals surface area contributed by atoms with Crippen LogP contribution in [0.25, 0.3) is 11.1 Å². The molecule has 4 rings (SSSR count). The molecule has 0 saturated carbocycles. The topological polar surface area (TPSA) is 204 Å². The predicted molar refractivity (Wildman–Crippen MR) is 199 cm³/mol. The van der Waals surface area contributed by atoms with E-state index in [1.165, 1.54) is 4.90 Å². The Kier molecular flexibility index (Phi) is 16.4. The van der Waals surface area contributed by atoms with Crippen molar-refractivity contribution in [3.63, 3.8) is 0 Å². The van der Waals surface area contributed by atoms with Crippen LogP contribution < -0.4 is 16.4 Å².